The summed E-state index contributed by atoms with van der Waals surface area (Å²) in [7, 11) is 0. The van der Waals surface area contributed by atoms with Crippen LogP contribution in [0, 0.1) is 5.82 Å². The van der Waals surface area contributed by atoms with Gasteiger partial charge in [-0.25, -0.2) is 9.37 Å². The first kappa shape index (κ1) is 16.4. The molecule has 1 fully saturated rings. The Labute approximate surface area is 137 Å². The van der Waals surface area contributed by atoms with Crippen molar-refractivity contribution in [2.45, 2.75) is 32.6 Å². The predicted octanol–water partition coefficient (Wildman–Crippen LogP) is 3.22. The van der Waals surface area contributed by atoms with Crippen LogP contribution in [0.15, 0.2) is 18.2 Å². The van der Waals surface area contributed by atoms with Crippen LogP contribution in [-0.4, -0.2) is 59.0 Å². The molecule has 0 unspecified atom stereocenters. The lowest BCUT2D eigenvalue weighted by Gasteiger charge is -2.32. The third kappa shape index (κ3) is 3.90. The Morgan fingerprint density at radius 3 is 2.70 bits per heavy atom. The third-order valence-electron chi connectivity index (χ3n) is 5.06. The molecule has 3 rings (SSSR count). The molecule has 1 saturated heterocycles. The van der Waals surface area contributed by atoms with Gasteiger partial charge >= 0.3 is 0 Å². The summed E-state index contributed by atoms with van der Waals surface area (Å²) < 4.78 is 13.3. The van der Waals surface area contributed by atoms with Gasteiger partial charge in [-0.15, -0.1) is 0 Å². The van der Waals surface area contributed by atoms with Crippen LogP contribution in [0.3, 0.4) is 0 Å². The first-order valence-electron chi connectivity index (χ1n) is 8.79. The van der Waals surface area contributed by atoms with Crippen molar-refractivity contribution >= 4 is 11.0 Å². The minimum Gasteiger partial charge on any atom is -0.342 e. The summed E-state index contributed by atoms with van der Waals surface area (Å²) in [5, 5.41) is 0. The highest BCUT2D eigenvalue weighted by molar-refractivity contribution is 5.75. The number of hydrogen-bond acceptors (Lipinski definition) is 3. The molecular weight excluding hydrogens is 291 g/mol. The maximum absolute atomic E-state index is 13.3. The summed E-state index contributed by atoms with van der Waals surface area (Å²) >= 11 is 0. The number of halogens is 1. The molecule has 1 aliphatic heterocycles. The topological polar surface area (TPSA) is 35.2 Å². The fourth-order valence-electron chi connectivity index (χ4n) is 3.45. The van der Waals surface area contributed by atoms with E-state index in [1.54, 1.807) is 6.07 Å². The Morgan fingerprint density at radius 2 is 2.00 bits per heavy atom. The number of nitrogens with one attached hydrogen (secondary N) is 1. The smallest absolute Gasteiger partial charge is 0.125 e. The van der Waals surface area contributed by atoms with E-state index in [0.29, 0.717) is 5.92 Å². The number of likely N-dealkylation sites (N-methyl/N-ethyl adjacent to an activating group) is 1. The van der Waals surface area contributed by atoms with Crippen LogP contribution < -0.4 is 0 Å². The molecule has 4 nitrogen and oxygen atoms in total. The number of piperidine rings is 1. The minimum atomic E-state index is -0.209. The highest BCUT2D eigenvalue weighted by Gasteiger charge is 2.23. The largest absolute Gasteiger partial charge is 0.342 e. The zero-order valence-corrected chi connectivity index (χ0v) is 14.2. The maximum Gasteiger partial charge on any atom is 0.125 e. The molecule has 23 heavy (non-hydrogen) atoms. The van der Waals surface area contributed by atoms with Gasteiger partial charge in [0.1, 0.15) is 11.6 Å². The summed E-state index contributed by atoms with van der Waals surface area (Å²) in [5.74, 6) is 1.28. The average molecular weight is 318 g/mol. The van der Waals surface area contributed by atoms with Gasteiger partial charge in [0.15, 0.2) is 0 Å². The highest BCUT2D eigenvalue weighted by Crippen LogP contribution is 2.27. The number of fused-ring (bicyclic) bond motifs is 1. The van der Waals surface area contributed by atoms with Crippen LogP contribution in [0.1, 0.15) is 38.4 Å². The monoisotopic (exact) mass is 318 g/mol. The first-order chi connectivity index (χ1) is 11.2. The number of rotatable bonds is 6. The van der Waals surface area contributed by atoms with Crippen LogP contribution in [0.5, 0.6) is 0 Å². The van der Waals surface area contributed by atoms with Crippen LogP contribution >= 0.6 is 0 Å². The van der Waals surface area contributed by atoms with Crippen molar-refractivity contribution in [3.8, 4) is 0 Å². The molecule has 126 valence electrons. The lowest BCUT2D eigenvalue weighted by molar-refractivity contribution is 0.177. The Hall–Kier alpha value is -1.46. The van der Waals surface area contributed by atoms with E-state index >= 15 is 0 Å². The predicted molar refractivity (Wildman–Crippen MR) is 92.3 cm³/mol. The molecule has 1 aromatic heterocycles. The Morgan fingerprint density at radius 1 is 1.26 bits per heavy atom. The average Bonchev–Trinajstić information content (AvgIpc) is 2.99. The van der Waals surface area contributed by atoms with Crippen molar-refractivity contribution < 1.29 is 4.39 Å². The van der Waals surface area contributed by atoms with E-state index in [2.05, 4.69) is 33.6 Å². The van der Waals surface area contributed by atoms with Crippen molar-refractivity contribution in [1.29, 1.82) is 0 Å². The molecule has 0 saturated carbocycles. The number of benzene rings is 1. The van der Waals surface area contributed by atoms with Gasteiger partial charge in [-0.05, 0) is 57.2 Å². The van der Waals surface area contributed by atoms with Gasteiger partial charge < -0.3 is 14.8 Å². The van der Waals surface area contributed by atoms with Gasteiger partial charge in [-0.1, -0.05) is 13.8 Å². The number of H-pyrrole nitrogens is 1. The summed E-state index contributed by atoms with van der Waals surface area (Å²) in [6, 6.07) is 4.76. The zero-order valence-electron chi connectivity index (χ0n) is 14.2. The Bertz CT molecular complexity index is 627. The molecule has 1 N–H and O–H groups in total. The maximum atomic E-state index is 13.3. The summed E-state index contributed by atoms with van der Waals surface area (Å²) in [6.07, 6.45) is 2.25. The molecule has 0 spiro atoms. The zero-order chi connectivity index (χ0) is 16.2. The lowest BCUT2D eigenvalue weighted by atomic mass is 9.96. The van der Waals surface area contributed by atoms with E-state index in [1.807, 2.05) is 0 Å². The fraction of sp³-hybridized carbons (Fsp3) is 0.611. The molecule has 1 aromatic carbocycles. The quantitative estimate of drug-likeness (QED) is 0.888. The molecule has 1 aliphatic rings. The number of likely N-dealkylation sites (tertiary alicyclic amines) is 1. The second kappa shape index (κ2) is 7.41. The van der Waals surface area contributed by atoms with Gasteiger partial charge in [0.05, 0.1) is 11.0 Å². The molecule has 0 bridgehead atoms. The van der Waals surface area contributed by atoms with Crippen LogP contribution in [0.25, 0.3) is 11.0 Å². The van der Waals surface area contributed by atoms with Gasteiger partial charge in [0, 0.05) is 19.0 Å². The summed E-state index contributed by atoms with van der Waals surface area (Å²) in [5.41, 5.74) is 1.68. The van der Waals surface area contributed by atoms with E-state index < -0.39 is 0 Å². The molecule has 0 radical (unpaired) electrons. The number of aromatic amines is 1. The summed E-state index contributed by atoms with van der Waals surface area (Å²) in [6.45, 7) is 11.3. The van der Waals surface area contributed by atoms with Gasteiger partial charge in [0.25, 0.3) is 0 Å². The van der Waals surface area contributed by atoms with Crippen molar-refractivity contribution in [3.05, 3.63) is 29.8 Å². The normalized spacial score (nSPS) is 17.4. The van der Waals surface area contributed by atoms with E-state index in [1.165, 1.54) is 12.1 Å². The Balaban J connectivity index is 1.55. The van der Waals surface area contributed by atoms with E-state index in [9.17, 15) is 4.39 Å². The van der Waals surface area contributed by atoms with Crippen molar-refractivity contribution in [1.82, 2.24) is 19.8 Å². The molecule has 2 heterocycles. The van der Waals surface area contributed by atoms with Crippen molar-refractivity contribution in [2.75, 3.05) is 39.3 Å². The van der Waals surface area contributed by atoms with Crippen molar-refractivity contribution in [3.63, 3.8) is 0 Å². The Kier molecular flexibility index (Phi) is 5.28. The van der Waals surface area contributed by atoms with E-state index in [-0.39, 0.29) is 5.82 Å². The fourth-order valence-corrected chi connectivity index (χ4v) is 3.45. The highest BCUT2D eigenvalue weighted by atomic mass is 19.1. The first-order valence-corrected chi connectivity index (χ1v) is 8.79. The molecule has 5 heteroatoms. The molecule has 2 aromatic rings. The second-order valence-corrected chi connectivity index (χ2v) is 6.43. The number of hydrogen-bond donors (Lipinski definition) is 1. The minimum absolute atomic E-state index is 0.209. The molecule has 0 aliphatic carbocycles. The van der Waals surface area contributed by atoms with Crippen molar-refractivity contribution in [2.24, 2.45) is 0 Å². The molecule has 0 atom stereocenters. The second-order valence-electron chi connectivity index (χ2n) is 6.43. The standard InChI is InChI=1S/C18H27FN4/c1-3-22(4-2)11-12-23-9-7-14(8-10-23)18-20-16-6-5-15(19)13-17(16)21-18/h5-6,13-14H,3-4,7-12H2,1-2H3,(H,20,21). The molecule has 0 amide bonds. The third-order valence-corrected chi connectivity index (χ3v) is 5.06. The lowest BCUT2D eigenvalue weighted by Crippen LogP contribution is -2.39. The van der Waals surface area contributed by atoms with Gasteiger partial charge in [-0.2, -0.15) is 0 Å². The molecular formula is C18H27FN4. The SMILES string of the molecule is CCN(CC)CCN1CCC(c2nc3ccc(F)cc3[nH]2)CC1. The number of aromatic nitrogens is 2. The summed E-state index contributed by atoms with van der Waals surface area (Å²) in [4.78, 5) is 13.0. The number of nitrogens with zero attached hydrogens (tertiary/aromatic N) is 3. The van der Waals surface area contributed by atoms with Crippen LogP contribution in [-0.2, 0) is 0 Å². The van der Waals surface area contributed by atoms with E-state index in [0.717, 1.165) is 69.0 Å². The van der Waals surface area contributed by atoms with Gasteiger partial charge in [0.2, 0.25) is 0 Å². The number of imidazole rings is 1. The van der Waals surface area contributed by atoms with Gasteiger partial charge in [-0.3, -0.25) is 0 Å². The van der Waals surface area contributed by atoms with Crippen LogP contribution in [0.4, 0.5) is 4.39 Å². The van der Waals surface area contributed by atoms with E-state index in [4.69, 9.17) is 0 Å². The van der Waals surface area contributed by atoms with Crippen LogP contribution in [0.2, 0.25) is 0 Å².